The van der Waals surface area contributed by atoms with Crippen LogP contribution >= 0.6 is 11.3 Å². The molecular formula is C28H21N3O3S2. The van der Waals surface area contributed by atoms with Gasteiger partial charge in [0.25, 0.3) is 15.9 Å². The fourth-order valence-corrected chi connectivity index (χ4v) is 6.93. The number of thiazole rings is 1. The lowest BCUT2D eigenvalue weighted by molar-refractivity contribution is 0.102. The Bertz CT molecular complexity index is 1680. The summed E-state index contributed by atoms with van der Waals surface area (Å²) in [6.07, 6.45) is 0.684. The van der Waals surface area contributed by atoms with Crippen LogP contribution in [0.1, 0.15) is 15.9 Å². The molecule has 0 spiro atoms. The first-order chi connectivity index (χ1) is 17.5. The van der Waals surface area contributed by atoms with Crippen LogP contribution in [0, 0.1) is 0 Å². The van der Waals surface area contributed by atoms with Crippen molar-refractivity contribution in [1.29, 1.82) is 0 Å². The van der Waals surface area contributed by atoms with Gasteiger partial charge in [-0.1, -0.05) is 42.5 Å². The number of fused-ring (bicyclic) bond motifs is 2. The molecule has 0 bridgehead atoms. The van der Waals surface area contributed by atoms with Gasteiger partial charge in [0.15, 0.2) is 0 Å². The Morgan fingerprint density at radius 2 is 1.58 bits per heavy atom. The van der Waals surface area contributed by atoms with Gasteiger partial charge in [0, 0.05) is 17.7 Å². The minimum atomic E-state index is -3.71. The fourth-order valence-electron chi connectivity index (χ4n) is 4.42. The van der Waals surface area contributed by atoms with Gasteiger partial charge in [-0.05, 0) is 66.6 Å². The van der Waals surface area contributed by atoms with Crippen LogP contribution in [0.3, 0.4) is 0 Å². The van der Waals surface area contributed by atoms with Crippen LogP contribution in [0.5, 0.6) is 0 Å². The Morgan fingerprint density at radius 3 is 2.42 bits per heavy atom. The third-order valence-electron chi connectivity index (χ3n) is 6.25. The van der Waals surface area contributed by atoms with E-state index < -0.39 is 10.0 Å². The number of nitrogens with zero attached hydrogens (tertiary/aromatic N) is 2. The van der Waals surface area contributed by atoms with Crippen LogP contribution in [-0.2, 0) is 16.4 Å². The molecule has 0 unspecified atom stereocenters. The summed E-state index contributed by atoms with van der Waals surface area (Å²) >= 11 is 1.57. The van der Waals surface area contributed by atoms with Crippen LogP contribution in [0.2, 0.25) is 0 Å². The molecule has 1 aliphatic heterocycles. The van der Waals surface area contributed by atoms with Crippen LogP contribution in [0.25, 0.3) is 20.8 Å². The Labute approximate surface area is 212 Å². The lowest BCUT2D eigenvalue weighted by Gasteiger charge is -2.19. The molecule has 6 rings (SSSR count). The van der Waals surface area contributed by atoms with Gasteiger partial charge in [0.05, 0.1) is 26.5 Å². The lowest BCUT2D eigenvalue weighted by atomic mass is 10.1. The minimum absolute atomic E-state index is 0.158. The molecule has 0 saturated carbocycles. The SMILES string of the molecule is O=C(Nc1ccccc1-c1nc2ccccc2s1)c1ccc(S(=O)(=O)N2CCc3ccccc32)cc1. The number of carbonyl (C=O) groups excluding carboxylic acids is 1. The third kappa shape index (κ3) is 3.94. The highest BCUT2D eigenvalue weighted by molar-refractivity contribution is 7.92. The molecular weight excluding hydrogens is 490 g/mol. The van der Waals surface area contributed by atoms with E-state index >= 15 is 0 Å². The molecule has 1 amide bonds. The first-order valence-electron chi connectivity index (χ1n) is 11.5. The zero-order chi connectivity index (χ0) is 24.7. The molecule has 6 nitrogen and oxygen atoms in total. The number of sulfonamides is 1. The zero-order valence-corrected chi connectivity index (χ0v) is 20.7. The normalized spacial score (nSPS) is 13.1. The van der Waals surface area contributed by atoms with Crippen LogP contribution in [-0.4, -0.2) is 25.9 Å². The second-order valence-corrected chi connectivity index (χ2v) is 11.4. The number of carbonyl (C=O) groups is 1. The van der Waals surface area contributed by atoms with E-state index in [-0.39, 0.29) is 10.8 Å². The van der Waals surface area contributed by atoms with Gasteiger partial charge in [-0.25, -0.2) is 13.4 Å². The van der Waals surface area contributed by atoms with Crippen LogP contribution in [0.4, 0.5) is 11.4 Å². The Hall–Kier alpha value is -4.01. The van der Waals surface area contributed by atoms with E-state index in [1.807, 2.05) is 72.8 Å². The highest BCUT2D eigenvalue weighted by Crippen LogP contribution is 2.35. The number of aromatic nitrogens is 1. The summed E-state index contributed by atoms with van der Waals surface area (Å²) in [6, 6.07) is 29.0. The molecule has 178 valence electrons. The van der Waals surface area contributed by atoms with Gasteiger partial charge < -0.3 is 5.32 Å². The molecule has 2 heterocycles. The number of hydrogen-bond acceptors (Lipinski definition) is 5. The van der Waals surface area contributed by atoms with Gasteiger partial charge in [0.1, 0.15) is 5.01 Å². The molecule has 1 aliphatic rings. The zero-order valence-electron chi connectivity index (χ0n) is 19.1. The van der Waals surface area contributed by atoms with Gasteiger partial charge >= 0.3 is 0 Å². The molecule has 4 aromatic carbocycles. The number of amides is 1. The van der Waals surface area contributed by atoms with E-state index in [1.54, 1.807) is 23.5 Å². The second kappa shape index (κ2) is 8.89. The van der Waals surface area contributed by atoms with E-state index in [0.29, 0.717) is 29.9 Å². The average Bonchev–Trinajstić information content (AvgIpc) is 3.54. The quantitative estimate of drug-likeness (QED) is 0.315. The molecule has 36 heavy (non-hydrogen) atoms. The van der Waals surface area contributed by atoms with Crippen molar-refractivity contribution in [2.45, 2.75) is 11.3 Å². The predicted molar refractivity (Wildman–Crippen MR) is 144 cm³/mol. The highest BCUT2D eigenvalue weighted by atomic mass is 32.2. The summed E-state index contributed by atoms with van der Waals surface area (Å²) < 4.78 is 29.0. The smallest absolute Gasteiger partial charge is 0.264 e. The molecule has 0 saturated heterocycles. The maximum Gasteiger partial charge on any atom is 0.264 e. The number of rotatable bonds is 5. The van der Waals surface area contributed by atoms with E-state index in [2.05, 4.69) is 5.32 Å². The van der Waals surface area contributed by atoms with Crippen molar-refractivity contribution in [3.05, 3.63) is 108 Å². The van der Waals surface area contributed by atoms with E-state index in [4.69, 9.17) is 4.98 Å². The van der Waals surface area contributed by atoms with Crippen molar-refractivity contribution in [2.24, 2.45) is 0 Å². The predicted octanol–water partition coefficient (Wildman–Crippen LogP) is 5.97. The summed E-state index contributed by atoms with van der Waals surface area (Å²) in [7, 11) is -3.71. The van der Waals surface area contributed by atoms with E-state index in [0.717, 1.165) is 26.4 Å². The largest absolute Gasteiger partial charge is 0.321 e. The van der Waals surface area contributed by atoms with Crippen molar-refractivity contribution in [3.8, 4) is 10.6 Å². The van der Waals surface area contributed by atoms with Gasteiger partial charge in [0.2, 0.25) is 0 Å². The van der Waals surface area contributed by atoms with Crippen molar-refractivity contribution in [2.75, 3.05) is 16.2 Å². The Morgan fingerprint density at radius 1 is 0.861 bits per heavy atom. The summed E-state index contributed by atoms with van der Waals surface area (Å²) in [6.45, 7) is 0.409. The molecule has 5 aromatic rings. The fraction of sp³-hybridized carbons (Fsp3) is 0.0714. The van der Waals surface area contributed by atoms with E-state index in [1.165, 1.54) is 16.4 Å². The molecule has 1 aromatic heterocycles. The Kier molecular flexibility index (Phi) is 5.55. The first-order valence-corrected chi connectivity index (χ1v) is 13.7. The van der Waals surface area contributed by atoms with Crippen LogP contribution < -0.4 is 9.62 Å². The molecule has 1 N–H and O–H groups in total. The second-order valence-electron chi connectivity index (χ2n) is 8.47. The van der Waals surface area contributed by atoms with E-state index in [9.17, 15) is 13.2 Å². The molecule has 0 atom stereocenters. The maximum absolute atomic E-state index is 13.3. The molecule has 0 fully saturated rings. The summed E-state index contributed by atoms with van der Waals surface area (Å²) in [5, 5.41) is 3.78. The van der Waals surface area contributed by atoms with Gasteiger partial charge in [-0.3, -0.25) is 9.10 Å². The maximum atomic E-state index is 13.3. The van der Waals surface area contributed by atoms with Crippen molar-refractivity contribution < 1.29 is 13.2 Å². The number of para-hydroxylation sites is 3. The number of nitrogens with one attached hydrogen (secondary N) is 1. The average molecular weight is 512 g/mol. The molecule has 0 aliphatic carbocycles. The molecule has 0 radical (unpaired) electrons. The monoisotopic (exact) mass is 511 g/mol. The molecule has 8 heteroatoms. The standard InChI is InChI=1S/C28H21N3O3S2/c32-27(29-23-9-3-2-8-22(23)28-30-24-10-4-6-12-26(24)35-28)20-13-15-21(16-14-20)36(33,34)31-18-17-19-7-1-5-11-25(19)31/h1-16H,17-18H2,(H,29,32). The number of hydrogen-bond donors (Lipinski definition) is 1. The lowest BCUT2D eigenvalue weighted by Crippen LogP contribution is -2.29. The first kappa shape index (κ1) is 22.5. The van der Waals surface area contributed by atoms with Crippen molar-refractivity contribution in [1.82, 2.24) is 4.98 Å². The van der Waals surface area contributed by atoms with Gasteiger partial charge in [-0.2, -0.15) is 0 Å². The van der Waals surface area contributed by atoms with Crippen LogP contribution in [0.15, 0.2) is 102 Å². The summed E-state index contributed by atoms with van der Waals surface area (Å²) in [4.78, 5) is 17.9. The Balaban J connectivity index is 1.24. The summed E-state index contributed by atoms with van der Waals surface area (Å²) in [5.74, 6) is -0.320. The van der Waals surface area contributed by atoms with Crippen molar-refractivity contribution in [3.63, 3.8) is 0 Å². The topological polar surface area (TPSA) is 79.4 Å². The number of anilines is 2. The van der Waals surface area contributed by atoms with Crippen molar-refractivity contribution >= 4 is 48.9 Å². The highest BCUT2D eigenvalue weighted by Gasteiger charge is 2.30. The number of benzene rings is 4. The summed E-state index contributed by atoms with van der Waals surface area (Å²) in [5.41, 5.74) is 4.49. The van der Waals surface area contributed by atoms with Gasteiger partial charge in [-0.15, -0.1) is 11.3 Å². The minimum Gasteiger partial charge on any atom is -0.321 e. The third-order valence-corrected chi connectivity index (χ3v) is 9.15.